The van der Waals surface area contributed by atoms with E-state index >= 15 is 0 Å². The zero-order valence-corrected chi connectivity index (χ0v) is 28.1. The van der Waals surface area contributed by atoms with E-state index in [-0.39, 0.29) is 12.2 Å². The van der Waals surface area contributed by atoms with Crippen LogP contribution in [-0.2, 0) is 71.3 Å². The molecule has 11 atom stereocenters. The Kier molecular flexibility index (Phi) is 11.0. The minimum Gasteiger partial charge on any atom is -0.497 e. The number of epoxide rings is 1. The van der Waals surface area contributed by atoms with Gasteiger partial charge in [0.25, 0.3) is 0 Å². The first-order chi connectivity index (χ1) is 23.7. The number of hydrogen-bond donors (Lipinski definition) is 0. The lowest BCUT2D eigenvalue weighted by Gasteiger charge is -2.46. The Hall–Kier alpha value is -4.74. The lowest BCUT2D eigenvalue weighted by atomic mass is 9.85. The van der Waals surface area contributed by atoms with Crippen LogP contribution >= 0.6 is 0 Å². The monoisotopic (exact) mass is 706 g/mol. The van der Waals surface area contributed by atoms with Crippen molar-refractivity contribution in [3.63, 3.8) is 0 Å². The van der Waals surface area contributed by atoms with E-state index < -0.39 is 109 Å². The quantitative estimate of drug-likeness (QED) is 0.170. The third-order valence-electron chi connectivity index (χ3n) is 8.52. The summed E-state index contributed by atoms with van der Waals surface area (Å²) < 4.78 is 62.5. The zero-order chi connectivity index (χ0) is 36.3. The second-order valence-electron chi connectivity index (χ2n) is 12.0. The molecule has 0 aromatic heterocycles. The molecule has 1 aromatic carbocycles. The molecule has 0 N–H and O–H groups in total. The Bertz CT molecular complexity index is 1510. The smallest absolute Gasteiger partial charge is 0.338 e. The summed E-state index contributed by atoms with van der Waals surface area (Å²) in [6.07, 6.45) is -7.22. The highest BCUT2D eigenvalue weighted by atomic mass is 16.8. The fourth-order valence-corrected chi connectivity index (χ4v) is 6.52. The summed E-state index contributed by atoms with van der Waals surface area (Å²) in [6.45, 7) is 4.95. The van der Waals surface area contributed by atoms with Gasteiger partial charge in [-0.3, -0.25) is 24.0 Å². The number of fused-ring (bicyclic) bond motifs is 3. The molecule has 1 aliphatic carbocycles. The molecule has 3 aliphatic heterocycles. The van der Waals surface area contributed by atoms with Gasteiger partial charge < -0.3 is 52.1 Å². The number of carbonyl (C=O) groups excluding carboxylic acids is 6. The predicted molar refractivity (Wildman–Crippen MR) is 160 cm³/mol. The van der Waals surface area contributed by atoms with Crippen LogP contribution < -0.4 is 4.74 Å². The average Bonchev–Trinajstić information content (AvgIpc) is 3.72. The maximum absolute atomic E-state index is 13.3. The molecule has 0 radical (unpaired) electrons. The molecule has 1 saturated carbocycles. The number of ether oxygens (including phenoxy) is 11. The van der Waals surface area contributed by atoms with E-state index in [9.17, 15) is 28.8 Å². The van der Waals surface area contributed by atoms with Gasteiger partial charge in [-0.1, -0.05) is 0 Å². The number of benzene rings is 1. The summed E-state index contributed by atoms with van der Waals surface area (Å²) in [5.41, 5.74) is -0.989. The van der Waals surface area contributed by atoms with Crippen molar-refractivity contribution in [1.29, 1.82) is 0 Å². The average molecular weight is 707 g/mol. The van der Waals surface area contributed by atoms with Crippen molar-refractivity contribution in [2.24, 2.45) is 11.8 Å². The van der Waals surface area contributed by atoms with Crippen molar-refractivity contribution in [2.45, 2.75) is 89.4 Å². The van der Waals surface area contributed by atoms with Gasteiger partial charge in [0, 0.05) is 40.5 Å². The van der Waals surface area contributed by atoms with E-state index in [0.29, 0.717) is 5.75 Å². The predicted octanol–water partition coefficient (Wildman–Crippen LogP) is 1.14. The van der Waals surface area contributed by atoms with Gasteiger partial charge in [0.2, 0.25) is 12.6 Å². The van der Waals surface area contributed by atoms with Crippen LogP contribution in [0.4, 0.5) is 0 Å². The molecular formula is C33H38O17. The molecule has 0 amide bonds. The van der Waals surface area contributed by atoms with Crippen molar-refractivity contribution >= 4 is 35.8 Å². The van der Waals surface area contributed by atoms with Gasteiger partial charge in [-0.25, -0.2) is 4.79 Å². The molecular weight excluding hydrogens is 668 g/mol. The first kappa shape index (κ1) is 36.5. The summed E-state index contributed by atoms with van der Waals surface area (Å²) in [6, 6.07) is 6.31. The van der Waals surface area contributed by atoms with Crippen LogP contribution in [0, 0.1) is 11.8 Å². The van der Waals surface area contributed by atoms with Crippen LogP contribution in [0.25, 0.3) is 0 Å². The fraction of sp³-hybridized carbons (Fsp3) is 0.576. The van der Waals surface area contributed by atoms with Gasteiger partial charge in [-0.15, -0.1) is 0 Å². The molecule has 0 spiro atoms. The number of methoxy groups -OCH3 is 1. The lowest BCUT2D eigenvalue weighted by Crippen LogP contribution is -2.64. The summed E-state index contributed by atoms with van der Waals surface area (Å²) in [5, 5.41) is 0. The van der Waals surface area contributed by atoms with Crippen molar-refractivity contribution in [1.82, 2.24) is 0 Å². The third-order valence-corrected chi connectivity index (χ3v) is 8.52. The normalized spacial score (nSPS) is 33.3. The summed E-state index contributed by atoms with van der Waals surface area (Å²) >= 11 is 0. The minimum atomic E-state index is -1.59. The van der Waals surface area contributed by atoms with Gasteiger partial charge in [0.15, 0.2) is 18.3 Å². The van der Waals surface area contributed by atoms with Crippen molar-refractivity contribution < 1.29 is 80.9 Å². The Morgan fingerprint density at radius 2 is 1.34 bits per heavy atom. The lowest BCUT2D eigenvalue weighted by molar-refractivity contribution is -0.346. The molecule has 0 bridgehead atoms. The maximum atomic E-state index is 13.3. The van der Waals surface area contributed by atoms with Crippen LogP contribution in [-0.4, -0.2) is 111 Å². The van der Waals surface area contributed by atoms with E-state index in [1.807, 2.05) is 0 Å². The Labute approximate surface area is 286 Å². The van der Waals surface area contributed by atoms with Gasteiger partial charge in [0.1, 0.15) is 42.9 Å². The standard InChI is InChI=1S/C33H38O17/c1-15(34)42-13-23-26(44-17(3)36)27(45-18(4)37)28(46-19(5)38)32(47-23)49-31-24-22(11-12-41-31)25(29-33(24,50-29)14-43-16(2)35)48-30(39)20-7-9-21(40-6)10-8-20/h7-12,22-29,31-32H,13-14H2,1-6H3/t22-,23-,24-,25+,26-,27+,28-,29+,31+,32+,33-/m1/s1. The molecule has 272 valence electrons. The highest BCUT2D eigenvalue weighted by Crippen LogP contribution is 2.61. The SMILES string of the molecule is COc1ccc(C(=O)O[C@H]2[C@@H]3C=CO[C@@H](O[C@@H]4O[C@H](COC(C)=O)[C@@H](OC(C)=O)[C@H](OC(C)=O)[C@H]4OC(C)=O)[C@@H]3[C@@]3(COC(C)=O)O[C@@H]23)cc1. The number of esters is 6. The molecule has 5 rings (SSSR count). The van der Waals surface area contributed by atoms with Crippen LogP contribution in [0.5, 0.6) is 5.75 Å². The number of hydrogen-bond acceptors (Lipinski definition) is 17. The zero-order valence-electron chi connectivity index (χ0n) is 28.1. The van der Waals surface area contributed by atoms with Crippen molar-refractivity contribution in [3.05, 3.63) is 42.2 Å². The Morgan fingerprint density at radius 3 is 1.94 bits per heavy atom. The van der Waals surface area contributed by atoms with Crippen LogP contribution in [0.15, 0.2) is 36.6 Å². The van der Waals surface area contributed by atoms with Gasteiger partial charge in [-0.2, -0.15) is 0 Å². The first-order valence-corrected chi connectivity index (χ1v) is 15.7. The van der Waals surface area contributed by atoms with E-state index in [4.69, 9.17) is 52.1 Å². The van der Waals surface area contributed by atoms with E-state index in [0.717, 1.165) is 27.7 Å². The first-order valence-electron chi connectivity index (χ1n) is 15.7. The highest BCUT2D eigenvalue weighted by Gasteiger charge is 2.78. The molecule has 4 aliphatic rings. The molecule has 3 heterocycles. The topological polar surface area (TPSA) is 207 Å². The molecule has 50 heavy (non-hydrogen) atoms. The van der Waals surface area contributed by atoms with Crippen molar-refractivity contribution in [3.8, 4) is 5.75 Å². The van der Waals surface area contributed by atoms with Crippen LogP contribution in [0.1, 0.15) is 45.0 Å². The minimum absolute atomic E-state index is 0.250. The second-order valence-corrected chi connectivity index (χ2v) is 12.0. The van der Waals surface area contributed by atoms with E-state index in [1.165, 1.54) is 20.3 Å². The molecule has 3 fully saturated rings. The number of rotatable bonds is 12. The van der Waals surface area contributed by atoms with Gasteiger partial charge in [0.05, 0.1) is 24.9 Å². The van der Waals surface area contributed by atoms with Gasteiger partial charge >= 0.3 is 35.8 Å². The summed E-state index contributed by atoms with van der Waals surface area (Å²) in [4.78, 5) is 73.6. The maximum Gasteiger partial charge on any atom is 0.338 e. The highest BCUT2D eigenvalue weighted by molar-refractivity contribution is 5.89. The molecule has 2 saturated heterocycles. The molecule has 17 heteroatoms. The van der Waals surface area contributed by atoms with Crippen LogP contribution in [0.2, 0.25) is 0 Å². The fourth-order valence-electron chi connectivity index (χ4n) is 6.52. The van der Waals surface area contributed by atoms with E-state index in [1.54, 1.807) is 30.3 Å². The Balaban J connectivity index is 1.46. The summed E-state index contributed by atoms with van der Waals surface area (Å²) in [7, 11) is 1.50. The summed E-state index contributed by atoms with van der Waals surface area (Å²) in [5.74, 6) is -5.22. The molecule has 1 aromatic rings. The van der Waals surface area contributed by atoms with Crippen molar-refractivity contribution in [2.75, 3.05) is 20.3 Å². The van der Waals surface area contributed by atoms with Crippen LogP contribution in [0.3, 0.4) is 0 Å². The van der Waals surface area contributed by atoms with E-state index in [2.05, 4.69) is 0 Å². The third kappa shape index (κ3) is 7.84. The largest absolute Gasteiger partial charge is 0.497 e. The number of carbonyl (C=O) groups is 6. The molecule has 17 nitrogen and oxygen atoms in total. The molecule has 0 unspecified atom stereocenters. The second kappa shape index (κ2) is 15.0. The van der Waals surface area contributed by atoms with Gasteiger partial charge in [-0.05, 0) is 30.3 Å². The Morgan fingerprint density at radius 1 is 0.720 bits per heavy atom.